The van der Waals surface area contributed by atoms with Gasteiger partial charge in [0.15, 0.2) is 0 Å². The van der Waals surface area contributed by atoms with Crippen LogP contribution in [0.3, 0.4) is 0 Å². The Bertz CT molecular complexity index is 1130. The van der Waals surface area contributed by atoms with Crippen molar-refractivity contribution in [2.75, 3.05) is 0 Å². The zero-order valence-corrected chi connectivity index (χ0v) is 20.3. The molecule has 0 aliphatic rings. The molecule has 0 amide bonds. The molecule has 4 aromatic rings. The van der Waals surface area contributed by atoms with Crippen molar-refractivity contribution in [1.82, 2.24) is 14.5 Å². The van der Waals surface area contributed by atoms with E-state index in [0.717, 1.165) is 55.4 Å². The lowest BCUT2D eigenvalue weighted by molar-refractivity contribution is 0.240. The van der Waals surface area contributed by atoms with Gasteiger partial charge < -0.3 is 4.57 Å². The fourth-order valence-corrected chi connectivity index (χ4v) is 4.53. The van der Waals surface area contributed by atoms with E-state index in [1.54, 1.807) is 0 Å². The van der Waals surface area contributed by atoms with Crippen LogP contribution in [0.5, 0.6) is 0 Å². The average Bonchev–Trinajstić information content (AvgIpc) is 3.23. The van der Waals surface area contributed by atoms with Crippen LogP contribution in [0.1, 0.15) is 42.1 Å². The summed E-state index contributed by atoms with van der Waals surface area (Å²) in [6, 6.07) is 27.3. The third kappa shape index (κ3) is 5.93. The molecule has 0 N–H and O–H groups in total. The molecule has 1 heterocycles. The maximum atomic E-state index is 6.62. The highest BCUT2D eigenvalue weighted by atomic mass is 35.5. The molecule has 1 aromatic heterocycles. The molecule has 0 saturated carbocycles. The van der Waals surface area contributed by atoms with Gasteiger partial charge in [-0.1, -0.05) is 97.7 Å². The van der Waals surface area contributed by atoms with Crippen molar-refractivity contribution in [3.63, 3.8) is 0 Å². The van der Waals surface area contributed by atoms with E-state index in [4.69, 9.17) is 16.6 Å². The van der Waals surface area contributed by atoms with Gasteiger partial charge in [-0.25, -0.2) is 4.98 Å². The Kier molecular flexibility index (Phi) is 7.98. The smallest absolute Gasteiger partial charge is 0.140 e. The Morgan fingerprint density at radius 2 is 1.58 bits per heavy atom. The first-order valence-corrected chi connectivity index (χ1v) is 12.1. The number of hydrogen-bond acceptors (Lipinski definition) is 2. The minimum Gasteiger partial charge on any atom is -0.327 e. The molecule has 33 heavy (non-hydrogen) atoms. The second-order valence-corrected chi connectivity index (χ2v) is 9.02. The van der Waals surface area contributed by atoms with Gasteiger partial charge in [-0.15, -0.1) is 0 Å². The molecule has 170 valence electrons. The molecule has 0 saturated heterocycles. The van der Waals surface area contributed by atoms with Crippen LogP contribution in [-0.4, -0.2) is 14.5 Å². The van der Waals surface area contributed by atoms with Crippen LogP contribution < -0.4 is 0 Å². The van der Waals surface area contributed by atoms with Crippen LogP contribution >= 0.6 is 11.6 Å². The minimum absolute atomic E-state index is 0.792. The maximum Gasteiger partial charge on any atom is 0.140 e. The van der Waals surface area contributed by atoms with Crippen LogP contribution in [0.2, 0.25) is 5.02 Å². The summed E-state index contributed by atoms with van der Waals surface area (Å²) in [6.45, 7) is 7.80. The topological polar surface area (TPSA) is 21.1 Å². The van der Waals surface area contributed by atoms with Gasteiger partial charge in [0, 0.05) is 36.8 Å². The van der Waals surface area contributed by atoms with Gasteiger partial charge in [0.25, 0.3) is 0 Å². The van der Waals surface area contributed by atoms with Crippen molar-refractivity contribution >= 4 is 11.6 Å². The van der Waals surface area contributed by atoms with Gasteiger partial charge in [0.1, 0.15) is 5.82 Å². The summed E-state index contributed by atoms with van der Waals surface area (Å²) in [6.07, 6.45) is 4.33. The summed E-state index contributed by atoms with van der Waals surface area (Å²) in [7, 11) is 0. The SMILES string of the molecule is CCCCn1c(CN(Cc2ccccc2)Cc2c(C)cccc2Cl)cnc1-c1ccccc1. The molecule has 0 aliphatic heterocycles. The first-order chi connectivity index (χ1) is 16.2. The number of unbranched alkanes of at least 4 members (excludes halogenated alkanes) is 1. The molecule has 4 rings (SSSR count). The van der Waals surface area contributed by atoms with E-state index >= 15 is 0 Å². The fourth-order valence-electron chi connectivity index (χ4n) is 4.25. The van der Waals surface area contributed by atoms with Crippen LogP contribution in [0.15, 0.2) is 85.1 Å². The third-order valence-electron chi connectivity index (χ3n) is 6.07. The van der Waals surface area contributed by atoms with Crippen LogP contribution in [0.4, 0.5) is 0 Å². The van der Waals surface area contributed by atoms with Crippen molar-refractivity contribution in [2.45, 2.75) is 52.9 Å². The second-order valence-electron chi connectivity index (χ2n) is 8.61. The van der Waals surface area contributed by atoms with E-state index in [2.05, 4.69) is 96.2 Å². The zero-order chi connectivity index (χ0) is 23.0. The van der Waals surface area contributed by atoms with Crippen molar-refractivity contribution in [2.24, 2.45) is 0 Å². The van der Waals surface area contributed by atoms with Gasteiger partial charge >= 0.3 is 0 Å². The summed E-state index contributed by atoms with van der Waals surface area (Å²) in [5.74, 6) is 1.05. The van der Waals surface area contributed by atoms with Gasteiger partial charge in [-0.2, -0.15) is 0 Å². The Hall–Kier alpha value is -2.88. The maximum absolute atomic E-state index is 6.62. The Morgan fingerprint density at radius 1 is 0.848 bits per heavy atom. The van der Waals surface area contributed by atoms with Crippen LogP contribution in [0.25, 0.3) is 11.4 Å². The lowest BCUT2D eigenvalue weighted by Crippen LogP contribution is -2.24. The van der Waals surface area contributed by atoms with E-state index in [0.29, 0.717) is 0 Å². The summed E-state index contributed by atoms with van der Waals surface area (Å²) in [5.41, 5.74) is 6.12. The van der Waals surface area contributed by atoms with E-state index in [1.807, 2.05) is 12.1 Å². The lowest BCUT2D eigenvalue weighted by atomic mass is 10.1. The molecular formula is C29H32ClN3. The van der Waals surface area contributed by atoms with Crippen molar-refractivity contribution in [3.8, 4) is 11.4 Å². The van der Waals surface area contributed by atoms with Gasteiger partial charge in [-0.05, 0) is 36.1 Å². The lowest BCUT2D eigenvalue weighted by Gasteiger charge is -2.25. The van der Waals surface area contributed by atoms with Crippen molar-refractivity contribution in [3.05, 3.63) is 112 Å². The summed E-state index contributed by atoms with van der Waals surface area (Å²) in [5, 5.41) is 0.831. The van der Waals surface area contributed by atoms with Crippen molar-refractivity contribution in [1.29, 1.82) is 0 Å². The number of imidazole rings is 1. The van der Waals surface area contributed by atoms with Crippen molar-refractivity contribution < 1.29 is 0 Å². The first-order valence-electron chi connectivity index (χ1n) is 11.8. The normalized spacial score (nSPS) is 11.3. The number of nitrogens with zero attached hydrogens (tertiary/aromatic N) is 3. The van der Waals surface area contributed by atoms with Gasteiger partial charge in [0.2, 0.25) is 0 Å². The van der Waals surface area contributed by atoms with Gasteiger partial charge in [-0.3, -0.25) is 4.90 Å². The molecule has 0 aliphatic carbocycles. The number of aryl methyl sites for hydroxylation is 1. The zero-order valence-electron chi connectivity index (χ0n) is 19.5. The number of rotatable bonds is 10. The van der Waals surface area contributed by atoms with E-state index in [-0.39, 0.29) is 0 Å². The largest absolute Gasteiger partial charge is 0.327 e. The van der Waals surface area contributed by atoms with E-state index in [9.17, 15) is 0 Å². The highest BCUT2D eigenvalue weighted by Crippen LogP contribution is 2.25. The van der Waals surface area contributed by atoms with Gasteiger partial charge in [0.05, 0.1) is 11.9 Å². The molecular weight excluding hydrogens is 426 g/mol. The number of aromatic nitrogens is 2. The summed E-state index contributed by atoms with van der Waals surface area (Å²) in [4.78, 5) is 7.32. The monoisotopic (exact) mass is 457 g/mol. The highest BCUT2D eigenvalue weighted by Gasteiger charge is 2.17. The second kappa shape index (κ2) is 11.3. The molecule has 0 atom stereocenters. The molecule has 3 nitrogen and oxygen atoms in total. The van der Waals surface area contributed by atoms with E-state index < -0.39 is 0 Å². The summed E-state index contributed by atoms with van der Waals surface area (Å²) >= 11 is 6.62. The number of halogens is 1. The van der Waals surface area contributed by atoms with E-state index in [1.165, 1.54) is 22.4 Å². The number of hydrogen-bond donors (Lipinski definition) is 0. The third-order valence-corrected chi connectivity index (χ3v) is 6.43. The first kappa shape index (κ1) is 23.3. The Morgan fingerprint density at radius 3 is 2.27 bits per heavy atom. The molecule has 0 radical (unpaired) electrons. The quantitative estimate of drug-likeness (QED) is 0.245. The Balaban J connectivity index is 1.67. The predicted molar refractivity (Wildman–Crippen MR) is 138 cm³/mol. The van der Waals surface area contributed by atoms with Crippen LogP contribution in [-0.2, 0) is 26.2 Å². The van der Waals surface area contributed by atoms with Crippen LogP contribution in [0, 0.1) is 6.92 Å². The summed E-state index contributed by atoms with van der Waals surface area (Å²) < 4.78 is 2.40. The number of benzene rings is 3. The molecule has 0 bridgehead atoms. The fraction of sp³-hybridized carbons (Fsp3) is 0.276. The predicted octanol–water partition coefficient (Wildman–Crippen LogP) is 7.51. The Labute approximate surface area is 202 Å². The molecule has 0 unspecified atom stereocenters. The molecule has 0 fully saturated rings. The average molecular weight is 458 g/mol. The minimum atomic E-state index is 0.792. The molecule has 4 heteroatoms. The molecule has 3 aromatic carbocycles. The molecule has 0 spiro atoms. The standard InChI is InChI=1S/C29H32ClN3/c1-3-4-18-33-26(19-31-29(33)25-15-9-6-10-16-25)21-32(20-24-13-7-5-8-14-24)22-27-23(2)12-11-17-28(27)30/h5-17,19H,3-4,18,20-22H2,1-2H3. The highest BCUT2D eigenvalue weighted by molar-refractivity contribution is 6.31.